The molecule has 0 spiro atoms. The molecule has 122 valence electrons. The molecular weight excluding hydrogens is 290 g/mol. The van der Waals surface area contributed by atoms with Crippen molar-refractivity contribution in [2.45, 2.75) is 39.7 Å². The van der Waals surface area contributed by atoms with Gasteiger partial charge in [-0.3, -0.25) is 9.59 Å². The molecule has 1 aromatic heterocycles. The third-order valence-corrected chi connectivity index (χ3v) is 3.59. The number of rotatable bonds is 6. The van der Waals surface area contributed by atoms with E-state index in [0.717, 1.165) is 12.8 Å². The second kappa shape index (κ2) is 7.72. The first-order chi connectivity index (χ1) is 11.0. The normalized spacial score (nSPS) is 12.2. The van der Waals surface area contributed by atoms with Crippen LogP contribution in [0.3, 0.4) is 0 Å². The predicted molar refractivity (Wildman–Crippen MR) is 90.8 cm³/mol. The fraction of sp³-hybridized carbons (Fsp3) is 0.389. The van der Waals surface area contributed by atoms with Crippen molar-refractivity contribution in [2.24, 2.45) is 5.92 Å². The minimum absolute atomic E-state index is 0.0730. The first kappa shape index (κ1) is 16.9. The minimum atomic E-state index is -0.263. The molecule has 5 nitrogen and oxygen atoms in total. The third kappa shape index (κ3) is 4.77. The van der Waals surface area contributed by atoms with Gasteiger partial charge >= 0.3 is 0 Å². The van der Waals surface area contributed by atoms with Crippen LogP contribution < -0.4 is 10.9 Å². The molecular formula is C18H23N3O2. The Labute approximate surface area is 136 Å². The van der Waals surface area contributed by atoms with E-state index in [1.165, 1.54) is 16.8 Å². The van der Waals surface area contributed by atoms with Crippen LogP contribution in [0.5, 0.6) is 0 Å². The second-order valence-corrected chi connectivity index (χ2v) is 6.15. The van der Waals surface area contributed by atoms with Crippen LogP contribution in [0.15, 0.2) is 47.3 Å². The number of amides is 1. The van der Waals surface area contributed by atoms with Gasteiger partial charge in [0.15, 0.2) is 0 Å². The zero-order valence-corrected chi connectivity index (χ0v) is 13.8. The predicted octanol–water partition coefficient (Wildman–Crippen LogP) is 2.79. The Hall–Kier alpha value is -2.43. The van der Waals surface area contributed by atoms with Gasteiger partial charge in [0.25, 0.3) is 11.5 Å². The van der Waals surface area contributed by atoms with Crippen LogP contribution in [-0.4, -0.2) is 21.7 Å². The monoisotopic (exact) mass is 313 g/mol. The lowest BCUT2D eigenvalue weighted by Gasteiger charge is -2.15. The largest absolute Gasteiger partial charge is 0.348 e. The highest BCUT2D eigenvalue weighted by molar-refractivity contribution is 5.92. The Morgan fingerprint density at radius 2 is 1.78 bits per heavy atom. The van der Waals surface area contributed by atoms with Gasteiger partial charge in [-0.1, -0.05) is 32.0 Å². The molecule has 1 unspecified atom stereocenters. The van der Waals surface area contributed by atoms with Crippen molar-refractivity contribution in [3.05, 3.63) is 58.5 Å². The van der Waals surface area contributed by atoms with E-state index in [2.05, 4.69) is 24.3 Å². The number of para-hydroxylation sites is 1. The Morgan fingerprint density at radius 3 is 2.43 bits per heavy atom. The molecule has 2 rings (SSSR count). The molecule has 2 aromatic rings. The first-order valence-electron chi connectivity index (χ1n) is 7.94. The standard InChI is InChI=1S/C18H23N3O2/c1-13(2)9-10-14(3)19-18(23)16-11-12-17(22)21(20-16)15-7-5-4-6-8-15/h4-8,11-14H,9-10H2,1-3H3,(H,19,23). The summed E-state index contributed by atoms with van der Waals surface area (Å²) in [6.07, 6.45) is 1.97. The molecule has 0 aliphatic carbocycles. The van der Waals surface area contributed by atoms with Gasteiger partial charge in [-0.2, -0.15) is 9.78 Å². The van der Waals surface area contributed by atoms with Crippen LogP contribution in [0.25, 0.3) is 5.69 Å². The van der Waals surface area contributed by atoms with Crippen molar-refractivity contribution in [1.82, 2.24) is 15.1 Å². The van der Waals surface area contributed by atoms with Crippen molar-refractivity contribution in [3.8, 4) is 5.69 Å². The summed E-state index contributed by atoms with van der Waals surface area (Å²) in [6.45, 7) is 6.30. The number of nitrogens with one attached hydrogen (secondary N) is 1. The highest BCUT2D eigenvalue weighted by Crippen LogP contribution is 2.07. The number of aromatic nitrogens is 2. The molecule has 1 atom stereocenters. The molecule has 1 heterocycles. The van der Waals surface area contributed by atoms with Crippen molar-refractivity contribution in [3.63, 3.8) is 0 Å². The van der Waals surface area contributed by atoms with Crippen LogP contribution in [0.4, 0.5) is 0 Å². The molecule has 0 fully saturated rings. The summed E-state index contributed by atoms with van der Waals surface area (Å²) >= 11 is 0. The van der Waals surface area contributed by atoms with Crippen LogP contribution in [0.2, 0.25) is 0 Å². The molecule has 23 heavy (non-hydrogen) atoms. The van der Waals surface area contributed by atoms with Crippen molar-refractivity contribution >= 4 is 5.91 Å². The Bertz CT molecular complexity index is 708. The van der Waals surface area contributed by atoms with Crippen LogP contribution >= 0.6 is 0 Å². The third-order valence-electron chi connectivity index (χ3n) is 3.59. The fourth-order valence-corrected chi connectivity index (χ4v) is 2.24. The molecule has 1 amide bonds. The number of carbonyl (C=O) groups is 1. The number of hydrogen-bond donors (Lipinski definition) is 1. The maximum Gasteiger partial charge on any atom is 0.271 e. The second-order valence-electron chi connectivity index (χ2n) is 6.15. The summed E-state index contributed by atoms with van der Waals surface area (Å²) < 4.78 is 1.24. The van der Waals surface area contributed by atoms with E-state index >= 15 is 0 Å². The Balaban J connectivity index is 2.14. The molecule has 0 bridgehead atoms. The first-order valence-corrected chi connectivity index (χ1v) is 7.94. The summed E-state index contributed by atoms with van der Waals surface area (Å²) in [6, 6.07) is 12.0. The van der Waals surface area contributed by atoms with Gasteiger partial charge in [0.05, 0.1) is 5.69 Å². The Morgan fingerprint density at radius 1 is 1.09 bits per heavy atom. The maximum atomic E-state index is 12.3. The molecule has 0 saturated carbocycles. The molecule has 1 aromatic carbocycles. The summed E-state index contributed by atoms with van der Waals surface area (Å²) in [4.78, 5) is 24.3. The van der Waals surface area contributed by atoms with Crippen molar-refractivity contribution in [1.29, 1.82) is 0 Å². The van der Waals surface area contributed by atoms with E-state index in [1.54, 1.807) is 12.1 Å². The van der Waals surface area contributed by atoms with Crippen LogP contribution in [-0.2, 0) is 0 Å². The van der Waals surface area contributed by atoms with E-state index in [9.17, 15) is 9.59 Å². The van der Waals surface area contributed by atoms with Gasteiger partial charge < -0.3 is 5.32 Å². The SMILES string of the molecule is CC(C)CCC(C)NC(=O)c1ccc(=O)n(-c2ccccc2)n1. The topological polar surface area (TPSA) is 64.0 Å². The fourth-order valence-electron chi connectivity index (χ4n) is 2.24. The van der Waals surface area contributed by atoms with Crippen LogP contribution in [0, 0.1) is 5.92 Å². The van der Waals surface area contributed by atoms with Gasteiger partial charge in [-0.05, 0) is 43.9 Å². The number of carbonyl (C=O) groups excluding carboxylic acids is 1. The van der Waals surface area contributed by atoms with Crippen molar-refractivity contribution in [2.75, 3.05) is 0 Å². The summed E-state index contributed by atoms with van der Waals surface area (Å²) in [7, 11) is 0. The van der Waals surface area contributed by atoms with E-state index in [1.807, 2.05) is 25.1 Å². The van der Waals surface area contributed by atoms with Gasteiger partial charge in [-0.15, -0.1) is 0 Å². The lowest BCUT2D eigenvalue weighted by molar-refractivity contribution is 0.0930. The highest BCUT2D eigenvalue weighted by atomic mass is 16.2. The van der Waals surface area contributed by atoms with E-state index in [4.69, 9.17) is 0 Å². The lowest BCUT2D eigenvalue weighted by atomic mass is 10.0. The summed E-state index contributed by atoms with van der Waals surface area (Å²) in [5, 5.41) is 7.12. The zero-order valence-electron chi connectivity index (χ0n) is 13.8. The van der Waals surface area contributed by atoms with Gasteiger partial charge in [0.1, 0.15) is 5.69 Å². The zero-order chi connectivity index (χ0) is 16.8. The smallest absolute Gasteiger partial charge is 0.271 e. The molecule has 5 heteroatoms. The molecule has 0 radical (unpaired) electrons. The van der Waals surface area contributed by atoms with E-state index < -0.39 is 0 Å². The maximum absolute atomic E-state index is 12.3. The molecule has 0 saturated heterocycles. The number of benzene rings is 1. The van der Waals surface area contributed by atoms with Gasteiger partial charge in [0, 0.05) is 12.1 Å². The number of nitrogens with zero attached hydrogens (tertiary/aromatic N) is 2. The minimum Gasteiger partial charge on any atom is -0.348 e. The lowest BCUT2D eigenvalue weighted by Crippen LogP contribution is -2.35. The summed E-state index contributed by atoms with van der Waals surface area (Å²) in [5.74, 6) is 0.346. The van der Waals surface area contributed by atoms with Gasteiger partial charge in [-0.25, -0.2) is 0 Å². The molecule has 0 aliphatic heterocycles. The van der Waals surface area contributed by atoms with E-state index in [0.29, 0.717) is 11.6 Å². The molecule has 0 aliphatic rings. The average molecular weight is 313 g/mol. The molecule has 1 N–H and O–H groups in total. The highest BCUT2D eigenvalue weighted by Gasteiger charge is 2.13. The average Bonchev–Trinajstić information content (AvgIpc) is 2.54. The van der Waals surface area contributed by atoms with Gasteiger partial charge in [0.2, 0.25) is 0 Å². The summed E-state index contributed by atoms with van der Waals surface area (Å²) in [5.41, 5.74) is 0.616. The van der Waals surface area contributed by atoms with Crippen molar-refractivity contribution < 1.29 is 4.79 Å². The quantitative estimate of drug-likeness (QED) is 0.892. The Kier molecular flexibility index (Phi) is 5.68. The van der Waals surface area contributed by atoms with Crippen LogP contribution in [0.1, 0.15) is 44.1 Å². The number of hydrogen-bond acceptors (Lipinski definition) is 3. The van der Waals surface area contributed by atoms with E-state index in [-0.39, 0.29) is 23.2 Å².